The fraction of sp³-hybridized carbons (Fsp3) is 0.462. The second kappa shape index (κ2) is 3.32. The number of benzene rings is 1. The highest BCUT2D eigenvalue weighted by Gasteiger charge is 2.41. The van der Waals surface area contributed by atoms with Crippen molar-refractivity contribution in [3.8, 4) is 0 Å². The van der Waals surface area contributed by atoms with Gasteiger partial charge in [0.25, 0.3) is 0 Å². The van der Waals surface area contributed by atoms with Crippen molar-refractivity contribution < 1.29 is 5.11 Å². The zero-order chi connectivity index (χ0) is 11.2. The zero-order valence-electron chi connectivity index (χ0n) is 9.45. The third-order valence-electron chi connectivity index (χ3n) is 3.54. The van der Waals surface area contributed by atoms with Crippen LogP contribution in [0.3, 0.4) is 0 Å². The van der Waals surface area contributed by atoms with Crippen LogP contribution in [0.5, 0.6) is 0 Å². The molecule has 0 radical (unpaired) electrons. The van der Waals surface area contributed by atoms with Gasteiger partial charge in [0.15, 0.2) is 0 Å². The summed E-state index contributed by atoms with van der Waals surface area (Å²) in [6.07, 6.45) is 3.30. The number of aromatic nitrogens is 2. The highest BCUT2D eigenvalue weighted by atomic mass is 16.3. The second-order valence-corrected chi connectivity index (χ2v) is 5.01. The van der Waals surface area contributed by atoms with Crippen molar-refractivity contribution in [3.63, 3.8) is 0 Å². The summed E-state index contributed by atoms with van der Waals surface area (Å²) in [4.78, 5) is 7.63. The molecule has 1 saturated carbocycles. The van der Waals surface area contributed by atoms with Crippen LogP contribution in [-0.2, 0) is 6.42 Å². The summed E-state index contributed by atoms with van der Waals surface area (Å²) in [6.45, 7) is 2.28. The molecule has 1 fully saturated rings. The topological polar surface area (TPSA) is 48.9 Å². The zero-order valence-corrected chi connectivity index (χ0v) is 9.45. The van der Waals surface area contributed by atoms with Crippen molar-refractivity contribution in [3.05, 3.63) is 29.6 Å². The molecule has 0 unspecified atom stereocenters. The van der Waals surface area contributed by atoms with E-state index in [1.54, 1.807) is 0 Å². The molecule has 2 aromatic rings. The fourth-order valence-corrected chi connectivity index (χ4v) is 2.29. The van der Waals surface area contributed by atoms with E-state index in [1.807, 2.05) is 6.92 Å². The van der Waals surface area contributed by atoms with E-state index in [-0.39, 0.29) is 5.41 Å². The highest BCUT2D eigenvalue weighted by molar-refractivity contribution is 5.75. The van der Waals surface area contributed by atoms with Gasteiger partial charge in [-0.1, -0.05) is 6.07 Å². The van der Waals surface area contributed by atoms with Crippen molar-refractivity contribution in [2.75, 3.05) is 6.61 Å². The Kier molecular flexibility index (Phi) is 2.04. The van der Waals surface area contributed by atoms with Gasteiger partial charge in [0, 0.05) is 6.61 Å². The predicted octanol–water partition coefficient (Wildman–Crippen LogP) is 2.19. The summed E-state index contributed by atoms with van der Waals surface area (Å²) in [5, 5.41) is 9.32. The quantitative estimate of drug-likeness (QED) is 0.826. The third kappa shape index (κ3) is 1.61. The first-order valence-electron chi connectivity index (χ1n) is 5.77. The van der Waals surface area contributed by atoms with E-state index in [0.717, 1.165) is 36.1 Å². The van der Waals surface area contributed by atoms with Gasteiger partial charge < -0.3 is 10.1 Å². The average Bonchev–Trinajstić information content (AvgIpc) is 2.93. The summed E-state index contributed by atoms with van der Waals surface area (Å²) in [5.41, 5.74) is 3.60. The summed E-state index contributed by atoms with van der Waals surface area (Å²) >= 11 is 0. The Labute approximate surface area is 94.5 Å². The van der Waals surface area contributed by atoms with Crippen LogP contribution >= 0.6 is 0 Å². The van der Waals surface area contributed by atoms with Crippen LogP contribution in [0.4, 0.5) is 0 Å². The molecule has 1 aromatic carbocycles. The molecule has 2 N–H and O–H groups in total. The first-order chi connectivity index (χ1) is 7.71. The monoisotopic (exact) mass is 216 g/mol. The van der Waals surface area contributed by atoms with Crippen molar-refractivity contribution in [2.45, 2.75) is 26.2 Å². The number of imidazole rings is 1. The van der Waals surface area contributed by atoms with Crippen LogP contribution in [-0.4, -0.2) is 21.7 Å². The van der Waals surface area contributed by atoms with Gasteiger partial charge in [-0.15, -0.1) is 0 Å². The maximum atomic E-state index is 9.32. The average molecular weight is 216 g/mol. The first-order valence-corrected chi connectivity index (χ1v) is 5.77. The van der Waals surface area contributed by atoms with Gasteiger partial charge in [0.1, 0.15) is 5.82 Å². The Morgan fingerprint density at radius 1 is 1.44 bits per heavy atom. The van der Waals surface area contributed by atoms with Crippen molar-refractivity contribution >= 4 is 11.0 Å². The molecular weight excluding hydrogens is 200 g/mol. The van der Waals surface area contributed by atoms with E-state index in [2.05, 4.69) is 28.2 Å². The fourth-order valence-electron chi connectivity index (χ4n) is 2.29. The van der Waals surface area contributed by atoms with Gasteiger partial charge in [-0.3, -0.25) is 0 Å². The Bertz CT molecular complexity index is 526. The maximum absolute atomic E-state index is 9.32. The summed E-state index contributed by atoms with van der Waals surface area (Å²) in [6, 6.07) is 6.34. The van der Waals surface area contributed by atoms with Crippen molar-refractivity contribution in [1.29, 1.82) is 0 Å². The predicted molar refractivity (Wildman–Crippen MR) is 63.3 cm³/mol. The first kappa shape index (κ1) is 9.85. The molecule has 0 spiro atoms. The van der Waals surface area contributed by atoms with Gasteiger partial charge in [0.2, 0.25) is 0 Å². The number of aromatic amines is 1. The Hall–Kier alpha value is -1.35. The minimum atomic E-state index is 0.183. The Balaban J connectivity index is 1.92. The summed E-state index contributed by atoms with van der Waals surface area (Å²) in [7, 11) is 0. The van der Waals surface area contributed by atoms with Crippen LogP contribution in [0.25, 0.3) is 11.0 Å². The molecule has 0 atom stereocenters. The minimum Gasteiger partial charge on any atom is -0.396 e. The van der Waals surface area contributed by atoms with Crippen LogP contribution < -0.4 is 0 Å². The molecule has 1 aliphatic rings. The van der Waals surface area contributed by atoms with E-state index >= 15 is 0 Å². The molecule has 1 aromatic heterocycles. The number of nitrogens with one attached hydrogen (secondary N) is 1. The van der Waals surface area contributed by atoms with E-state index < -0.39 is 0 Å². The lowest BCUT2D eigenvalue weighted by Gasteiger charge is -2.10. The number of aryl methyl sites for hydroxylation is 1. The number of aliphatic hydroxyl groups excluding tert-OH is 1. The molecule has 0 aliphatic heterocycles. The number of aliphatic hydroxyl groups is 1. The van der Waals surface area contributed by atoms with E-state index in [0.29, 0.717) is 6.61 Å². The van der Waals surface area contributed by atoms with Crippen LogP contribution in [0.15, 0.2) is 18.2 Å². The molecule has 3 rings (SSSR count). The van der Waals surface area contributed by atoms with Crippen LogP contribution in [0, 0.1) is 12.3 Å². The van der Waals surface area contributed by atoms with Gasteiger partial charge in [-0.05, 0) is 49.3 Å². The highest BCUT2D eigenvalue weighted by Crippen LogP contribution is 2.47. The lowest BCUT2D eigenvalue weighted by atomic mass is 9.97. The van der Waals surface area contributed by atoms with E-state index in [1.165, 1.54) is 5.56 Å². The number of fused-ring (bicyclic) bond motifs is 1. The van der Waals surface area contributed by atoms with Crippen molar-refractivity contribution in [1.82, 2.24) is 9.97 Å². The molecule has 1 aliphatic carbocycles. The number of hydrogen-bond acceptors (Lipinski definition) is 2. The Morgan fingerprint density at radius 3 is 2.94 bits per heavy atom. The largest absolute Gasteiger partial charge is 0.396 e. The van der Waals surface area contributed by atoms with Crippen molar-refractivity contribution in [2.24, 2.45) is 5.41 Å². The number of H-pyrrole nitrogens is 1. The van der Waals surface area contributed by atoms with Gasteiger partial charge in [0.05, 0.1) is 11.0 Å². The lowest BCUT2D eigenvalue weighted by molar-refractivity contribution is 0.211. The van der Waals surface area contributed by atoms with Gasteiger partial charge in [-0.25, -0.2) is 4.98 Å². The van der Waals surface area contributed by atoms with E-state index in [9.17, 15) is 5.11 Å². The molecule has 0 bridgehead atoms. The summed E-state index contributed by atoms with van der Waals surface area (Å²) < 4.78 is 0. The number of nitrogens with zero attached hydrogens (tertiary/aromatic N) is 1. The molecule has 1 heterocycles. The SMILES string of the molecule is Cc1nc2ccc(CC3(CO)CC3)cc2[nH]1. The smallest absolute Gasteiger partial charge is 0.104 e. The lowest BCUT2D eigenvalue weighted by Crippen LogP contribution is -2.09. The second-order valence-electron chi connectivity index (χ2n) is 5.01. The minimum absolute atomic E-state index is 0.183. The standard InChI is InChI=1S/C13H16N2O/c1-9-14-11-3-2-10(6-12(11)15-9)7-13(8-16)4-5-13/h2-3,6,16H,4-5,7-8H2,1H3,(H,14,15). The normalized spacial score (nSPS) is 17.9. The number of hydrogen-bond donors (Lipinski definition) is 2. The molecule has 84 valence electrons. The molecule has 3 heteroatoms. The molecule has 3 nitrogen and oxygen atoms in total. The number of rotatable bonds is 3. The molecule has 16 heavy (non-hydrogen) atoms. The van der Waals surface area contributed by atoms with Crippen LogP contribution in [0.1, 0.15) is 24.2 Å². The maximum Gasteiger partial charge on any atom is 0.104 e. The molecule has 0 amide bonds. The van der Waals surface area contributed by atoms with Crippen LogP contribution in [0.2, 0.25) is 0 Å². The molecule has 0 saturated heterocycles. The molecular formula is C13H16N2O. The van der Waals surface area contributed by atoms with E-state index in [4.69, 9.17) is 0 Å². The summed E-state index contributed by atoms with van der Waals surface area (Å²) in [5.74, 6) is 0.954. The van der Waals surface area contributed by atoms with Gasteiger partial charge in [-0.2, -0.15) is 0 Å². The third-order valence-corrected chi connectivity index (χ3v) is 3.54. The van der Waals surface area contributed by atoms with Gasteiger partial charge >= 0.3 is 0 Å². The Morgan fingerprint density at radius 2 is 2.25 bits per heavy atom.